The molecule has 4 nitrogen and oxygen atoms in total. The van der Waals surface area contributed by atoms with Crippen LogP contribution in [0.25, 0.3) is 0 Å². The van der Waals surface area contributed by atoms with Crippen molar-refractivity contribution in [3.63, 3.8) is 0 Å². The third-order valence-electron chi connectivity index (χ3n) is 3.12. The minimum atomic E-state index is -0.173. The fraction of sp³-hybridized carbons (Fsp3) is 0.176. The zero-order valence-corrected chi connectivity index (χ0v) is 12.0. The molecule has 4 heteroatoms. The van der Waals surface area contributed by atoms with Gasteiger partial charge in [-0.1, -0.05) is 24.3 Å². The normalized spacial score (nSPS) is 9.76. The third-order valence-corrected chi connectivity index (χ3v) is 3.12. The van der Waals surface area contributed by atoms with Crippen LogP contribution >= 0.6 is 0 Å². The molecule has 0 saturated carbocycles. The number of rotatable bonds is 4. The maximum Gasteiger partial charge on any atom is 0.264 e. The van der Waals surface area contributed by atoms with E-state index in [2.05, 4.69) is 0 Å². The van der Waals surface area contributed by atoms with Crippen LogP contribution in [0, 0.1) is 18.3 Å². The summed E-state index contributed by atoms with van der Waals surface area (Å²) in [6.45, 7) is 1.87. The van der Waals surface area contributed by atoms with E-state index in [9.17, 15) is 4.79 Å². The number of amides is 1. The molecule has 2 rings (SSSR count). The monoisotopic (exact) mass is 280 g/mol. The Bertz CT molecular complexity index is 689. The van der Waals surface area contributed by atoms with Gasteiger partial charge in [0.2, 0.25) is 0 Å². The molecule has 0 aliphatic carbocycles. The lowest BCUT2D eigenvalue weighted by atomic mass is 10.2. The predicted molar refractivity (Wildman–Crippen MR) is 81.2 cm³/mol. The molecule has 0 aliphatic rings. The van der Waals surface area contributed by atoms with E-state index in [1.807, 2.05) is 37.3 Å². The third kappa shape index (κ3) is 3.61. The van der Waals surface area contributed by atoms with Gasteiger partial charge in [0.25, 0.3) is 5.91 Å². The number of ether oxygens (including phenoxy) is 1. The van der Waals surface area contributed by atoms with Crippen molar-refractivity contribution >= 4 is 11.6 Å². The minimum absolute atomic E-state index is 0.108. The number of nitriles is 1. The van der Waals surface area contributed by atoms with Gasteiger partial charge in [0.15, 0.2) is 6.61 Å². The molecular weight excluding hydrogens is 264 g/mol. The standard InChI is InChI=1S/C17H16N2O2/c1-13-6-5-8-15(10-13)19(2)17(20)12-21-16-9-4-3-7-14(16)11-18/h3-10H,12H2,1-2H3. The van der Waals surface area contributed by atoms with Crippen LogP contribution in [0.1, 0.15) is 11.1 Å². The van der Waals surface area contributed by atoms with Crippen molar-refractivity contribution in [3.8, 4) is 11.8 Å². The molecule has 0 spiro atoms. The number of benzene rings is 2. The van der Waals surface area contributed by atoms with Crippen LogP contribution in [0.15, 0.2) is 48.5 Å². The number of anilines is 1. The smallest absolute Gasteiger partial charge is 0.264 e. The summed E-state index contributed by atoms with van der Waals surface area (Å²) in [7, 11) is 1.71. The van der Waals surface area contributed by atoms with E-state index < -0.39 is 0 Å². The number of carbonyl (C=O) groups is 1. The second kappa shape index (κ2) is 6.58. The van der Waals surface area contributed by atoms with Gasteiger partial charge in [-0.3, -0.25) is 4.79 Å². The van der Waals surface area contributed by atoms with Crippen LogP contribution in [0.3, 0.4) is 0 Å². The lowest BCUT2D eigenvalue weighted by molar-refractivity contribution is -0.120. The Kier molecular flexibility index (Phi) is 4.57. The molecule has 0 unspecified atom stereocenters. The number of likely N-dealkylation sites (N-methyl/N-ethyl adjacent to an activating group) is 1. The van der Waals surface area contributed by atoms with Crippen LogP contribution in [0.5, 0.6) is 5.75 Å². The number of para-hydroxylation sites is 1. The first-order chi connectivity index (χ1) is 10.1. The highest BCUT2D eigenvalue weighted by atomic mass is 16.5. The maximum absolute atomic E-state index is 12.1. The highest BCUT2D eigenvalue weighted by Crippen LogP contribution is 2.18. The predicted octanol–water partition coefficient (Wildman–Crippen LogP) is 2.91. The summed E-state index contributed by atoms with van der Waals surface area (Å²) < 4.78 is 5.45. The summed E-state index contributed by atoms with van der Waals surface area (Å²) in [6, 6.07) is 16.6. The first kappa shape index (κ1) is 14.6. The van der Waals surface area contributed by atoms with Gasteiger partial charge in [-0.25, -0.2) is 0 Å². The maximum atomic E-state index is 12.1. The Labute approximate surface area is 124 Å². The van der Waals surface area contributed by atoms with E-state index in [-0.39, 0.29) is 12.5 Å². The molecule has 0 radical (unpaired) electrons. The summed E-state index contributed by atoms with van der Waals surface area (Å²) in [5.41, 5.74) is 2.32. The Morgan fingerprint density at radius 2 is 2.00 bits per heavy atom. The molecule has 0 fully saturated rings. The largest absolute Gasteiger partial charge is 0.482 e. The van der Waals surface area contributed by atoms with E-state index in [1.165, 1.54) is 0 Å². The highest BCUT2D eigenvalue weighted by Gasteiger charge is 2.12. The van der Waals surface area contributed by atoms with Crippen LogP contribution in [0.2, 0.25) is 0 Å². The van der Waals surface area contributed by atoms with Crippen LogP contribution < -0.4 is 9.64 Å². The quantitative estimate of drug-likeness (QED) is 0.865. The molecule has 0 aliphatic heterocycles. The second-order valence-electron chi connectivity index (χ2n) is 4.69. The number of aryl methyl sites for hydroxylation is 1. The molecule has 0 aromatic heterocycles. The lowest BCUT2D eigenvalue weighted by Gasteiger charge is -2.18. The Balaban J connectivity index is 2.03. The van der Waals surface area contributed by atoms with Crippen molar-refractivity contribution in [2.75, 3.05) is 18.6 Å². The topological polar surface area (TPSA) is 53.3 Å². The summed E-state index contributed by atoms with van der Waals surface area (Å²) in [5, 5.41) is 8.98. The van der Waals surface area contributed by atoms with E-state index in [0.29, 0.717) is 11.3 Å². The average molecular weight is 280 g/mol. The van der Waals surface area contributed by atoms with Crippen molar-refractivity contribution in [3.05, 3.63) is 59.7 Å². The van der Waals surface area contributed by atoms with Gasteiger partial charge >= 0.3 is 0 Å². The first-order valence-corrected chi connectivity index (χ1v) is 6.57. The number of hydrogen-bond donors (Lipinski definition) is 0. The molecule has 0 heterocycles. The van der Waals surface area contributed by atoms with E-state index in [0.717, 1.165) is 11.3 Å². The summed E-state index contributed by atoms with van der Waals surface area (Å²) in [5.74, 6) is 0.249. The number of nitrogens with zero attached hydrogens (tertiary/aromatic N) is 2. The Morgan fingerprint density at radius 3 is 2.71 bits per heavy atom. The van der Waals surface area contributed by atoms with Gasteiger partial charge in [-0.15, -0.1) is 0 Å². The second-order valence-corrected chi connectivity index (χ2v) is 4.69. The molecule has 2 aromatic rings. The first-order valence-electron chi connectivity index (χ1n) is 6.57. The molecule has 106 valence electrons. The van der Waals surface area contributed by atoms with Gasteiger partial charge in [0.1, 0.15) is 11.8 Å². The van der Waals surface area contributed by atoms with Gasteiger partial charge in [-0.2, -0.15) is 5.26 Å². The highest BCUT2D eigenvalue weighted by molar-refractivity contribution is 5.94. The Hall–Kier alpha value is -2.80. The fourth-order valence-electron chi connectivity index (χ4n) is 1.90. The van der Waals surface area contributed by atoms with Crippen molar-refractivity contribution in [1.29, 1.82) is 5.26 Å². The molecule has 2 aromatic carbocycles. The fourth-order valence-corrected chi connectivity index (χ4v) is 1.90. The number of carbonyl (C=O) groups excluding carboxylic acids is 1. The summed E-state index contributed by atoms with van der Waals surface area (Å²) >= 11 is 0. The van der Waals surface area contributed by atoms with Gasteiger partial charge < -0.3 is 9.64 Å². The summed E-state index contributed by atoms with van der Waals surface area (Å²) in [4.78, 5) is 13.7. The van der Waals surface area contributed by atoms with E-state index in [1.54, 1.807) is 36.2 Å². The van der Waals surface area contributed by atoms with E-state index in [4.69, 9.17) is 10.00 Å². The van der Waals surface area contributed by atoms with Crippen LogP contribution in [-0.4, -0.2) is 19.6 Å². The Morgan fingerprint density at radius 1 is 1.24 bits per heavy atom. The van der Waals surface area contributed by atoms with Crippen LogP contribution in [0.4, 0.5) is 5.69 Å². The molecular formula is C17H16N2O2. The minimum Gasteiger partial charge on any atom is -0.482 e. The zero-order valence-electron chi connectivity index (χ0n) is 12.0. The van der Waals surface area contributed by atoms with Crippen molar-refractivity contribution in [2.24, 2.45) is 0 Å². The van der Waals surface area contributed by atoms with E-state index >= 15 is 0 Å². The molecule has 0 bridgehead atoms. The molecule has 0 saturated heterocycles. The molecule has 0 N–H and O–H groups in total. The lowest BCUT2D eigenvalue weighted by Crippen LogP contribution is -2.31. The van der Waals surface area contributed by atoms with Gasteiger partial charge in [0.05, 0.1) is 5.56 Å². The van der Waals surface area contributed by atoms with Crippen LogP contribution in [-0.2, 0) is 4.79 Å². The zero-order chi connectivity index (χ0) is 15.2. The average Bonchev–Trinajstić information content (AvgIpc) is 2.52. The van der Waals surface area contributed by atoms with Crippen molar-refractivity contribution in [1.82, 2.24) is 0 Å². The van der Waals surface area contributed by atoms with Gasteiger partial charge in [-0.05, 0) is 36.8 Å². The van der Waals surface area contributed by atoms with Crippen molar-refractivity contribution < 1.29 is 9.53 Å². The van der Waals surface area contributed by atoms with Gasteiger partial charge in [0, 0.05) is 12.7 Å². The summed E-state index contributed by atoms with van der Waals surface area (Å²) in [6.07, 6.45) is 0. The van der Waals surface area contributed by atoms with Crippen molar-refractivity contribution in [2.45, 2.75) is 6.92 Å². The SMILES string of the molecule is Cc1cccc(N(C)C(=O)COc2ccccc2C#N)c1. The molecule has 21 heavy (non-hydrogen) atoms. The number of hydrogen-bond acceptors (Lipinski definition) is 3. The molecule has 1 amide bonds. The molecule has 0 atom stereocenters.